The fraction of sp³-hybridized carbons (Fsp3) is 0.133. The van der Waals surface area contributed by atoms with Crippen molar-refractivity contribution in [1.29, 1.82) is 0 Å². The van der Waals surface area contributed by atoms with E-state index in [9.17, 15) is 18.0 Å². The number of carboxylic acid groups (broad SMARTS) is 1. The number of aromatic nitrogens is 3. The molecule has 0 aliphatic carbocycles. The second-order valence-electron chi connectivity index (χ2n) is 5.03. The third kappa shape index (κ3) is 2.90. The largest absolute Gasteiger partial charge is 0.478 e. The van der Waals surface area contributed by atoms with Crippen molar-refractivity contribution in [3.8, 4) is 22.0 Å². The second-order valence-corrected chi connectivity index (χ2v) is 5.89. The topological polar surface area (TPSA) is 78.9 Å². The SMILES string of the molecule is Cc1cccc(-c2csc(-c3n[nH]c(C(F)(F)F)c3C(=O)O)n2)c1. The lowest BCUT2D eigenvalue weighted by Crippen LogP contribution is -2.12. The number of carboxylic acids is 1. The number of aromatic amines is 1. The molecule has 0 radical (unpaired) electrons. The minimum Gasteiger partial charge on any atom is -0.478 e. The third-order valence-corrected chi connectivity index (χ3v) is 4.13. The van der Waals surface area contributed by atoms with Crippen LogP contribution in [0.15, 0.2) is 29.6 Å². The first-order valence-electron chi connectivity index (χ1n) is 6.69. The Balaban J connectivity index is 2.08. The maximum absolute atomic E-state index is 12.9. The minimum atomic E-state index is -4.84. The number of rotatable bonds is 3. The second kappa shape index (κ2) is 5.75. The summed E-state index contributed by atoms with van der Waals surface area (Å²) in [5.41, 5.74) is -0.288. The summed E-state index contributed by atoms with van der Waals surface area (Å²) in [6.07, 6.45) is -4.84. The minimum absolute atomic E-state index is 0.107. The molecule has 0 aliphatic heterocycles. The van der Waals surface area contributed by atoms with Crippen LogP contribution in [0, 0.1) is 6.92 Å². The molecule has 2 heterocycles. The van der Waals surface area contributed by atoms with Gasteiger partial charge in [-0.3, -0.25) is 5.10 Å². The summed E-state index contributed by atoms with van der Waals surface area (Å²) in [4.78, 5) is 15.5. The van der Waals surface area contributed by atoms with Crippen LogP contribution in [0.25, 0.3) is 22.0 Å². The predicted molar refractivity (Wildman–Crippen MR) is 81.8 cm³/mol. The molecule has 0 atom stereocenters. The molecular weight excluding hydrogens is 343 g/mol. The number of benzene rings is 1. The summed E-state index contributed by atoms with van der Waals surface area (Å²) < 4.78 is 38.7. The molecule has 5 nitrogen and oxygen atoms in total. The molecule has 24 heavy (non-hydrogen) atoms. The molecule has 0 amide bonds. The zero-order chi connectivity index (χ0) is 17.5. The Morgan fingerprint density at radius 1 is 1.33 bits per heavy atom. The van der Waals surface area contributed by atoms with Gasteiger partial charge in [-0.15, -0.1) is 11.3 Å². The van der Waals surface area contributed by atoms with E-state index in [2.05, 4.69) is 10.1 Å². The Morgan fingerprint density at radius 3 is 2.71 bits per heavy atom. The molecule has 0 fully saturated rings. The number of nitrogens with one attached hydrogen (secondary N) is 1. The Kier molecular flexibility index (Phi) is 3.88. The van der Waals surface area contributed by atoms with Crippen molar-refractivity contribution in [1.82, 2.24) is 15.2 Å². The molecule has 0 bridgehead atoms. The normalized spacial score (nSPS) is 11.7. The summed E-state index contributed by atoms with van der Waals surface area (Å²) in [6, 6.07) is 7.43. The maximum atomic E-state index is 12.9. The van der Waals surface area contributed by atoms with Crippen molar-refractivity contribution in [2.45, 2.75) is 13.1 Å². The fourth-order valence-corrected chi connectivity index (χ4v) is 3.05. The molecule has 2 N–H and O–H groups in total. The van der Waals surface area contributed by atoms with E-state index in [-0.39, 0.29) is 10.7 Å². The zero-order valence-corrected chi connectivity index (χ0v) is 13.0. The number of H-pyrrole nitrogens is 1. The number of thiazole rings is 1. The van der Waals surface area contributed by atoms with E-state index in [4.69, 9.17) is 5.11 Å². The first kappa shape index (κ1) is 16.2. The van der Waals surface area contributed by atoms with E-state index < -0.39 is 23.4 Å². The van der Waals surface area contributed by atoms with E-state index in [0.717, 1.165) is 22.5 Å². The highest BCUT2D eigenvalue weighted by Crippen LogP contribution is 2.36. The lowest BCUT2D eigenvalue weighted by atomic mass is 10.1. The maximum Gasteiger partial charge on any atom is 0.433 e. The van der Waals surface area contributed by atoms with Crippen molar-refractivity contribution in [3.05, 3.63) is 46.5 Å². The van der Waals surface area contributed by atoms with Gasteiger partial charge in [0.1, 0.15) is 16.3 Å². The Morgan fingerprint density at radius 2 is 2.08 bits per heavy atom. The molecule has 0 spiro atoms. The number of hydrogen-bond acceptors (Lipinski definition) is 4. The van der Waals surface area contributed by atoms with Crippen molar-refractivity contribution in [3.63, 3.8) is 0 Å². The lowest BCUT2D eigenvalue weighted by Gasteiger charge is -2.04. The molecule has 1 aromatic carbocycles. The van der Waals surface area contributed by atoms with Gasteiger partial charge in [-0.2, -0.15) is 18.3 Å². The van der Waals surface area contributed by atoms with Crippen LogP contribution in [0.3, 0.4) is 0 Å². The van der Waals surface area contributed by atoms with Gasteiger partial charge in [0.2, 0.25) is 0 Å². The van der Waals surface area contributed by atoms with Crippen LogP contribution in [0.2, 0.25) is 0 Å². The van der Waals surface area contributed by atoms with Crippen molar-refractivity contribution in [2.24, 2.45) is 0 Å². The van der Waals surface area contributed by atoms with Gasteiger partial charge in [0, 0.05) is 10.9 Å². The van der Waals surface area contributed by atoms with Crippen LogP contribution in [0.5, 0.6) is 0 Å². The highest BCUT2D eigenvalue weighted by Gasteiger charge is 2.40. The zero-order valence-electron chi connectivity index (χ0n) is 12.2. The number of halogens is 3. The summed E-state index contributed by atoms with van der Waals surface area (Å²) in [5, 5.41) is 16.2. The van der Waals surface area contributed by atoms with E-state index in [1.165, 1.54) is 0 Å². The van der Waals surface area contributed by atoms with Gasteiger partial charge in [-0.25, -0.2) is 9.78 Å². The molecule has 0 saturated carbocycles. The average Bonchev–Trinajstić information content (AvgIpc) is 3.13. The number of alkyl halides is 3. The van der Waals surface area contributed by atoms with E-state index in [1.54, 1.807) is 10.5 Å². The quantitative estimate of drug-likeness (QED) is 0.739. The number of aromatic carboxylic acids is 1. The highest BCUT2D eigenvalue weighted by atomic mass is 32.1. The van der Waals surface area contributed by atoms with Crippen molar-refractivity contribution < 1.29 is 23.1 Å². The number of nitrogens with zero attached hydrogens (tertiary/aromatic N) is 2. The van der Waals surface area contributed by atoms with Crippen molar-refractivity contribution in [2.75, 3.05) is 0 Å². The van der Waals surface area contributed by atoms with Crippen LogP contribution in [-0.2, 0) is 6.18 Å². The van der Waals surface area contributed by atoms with Gasteiger partial charge in [0.25, 0.3) is 0 Å². The molecule has 9 heteroatoms. The van der Waals surface area contributed by atoms with Crippen LogP contribution >= 0.6 is 11.3 Å². The highest BCUT2D eigenvalue weighted by molar-refractivity contribution is 7.13. The van der Waals surface area contributed by atoms with Crippen LogP contribution in [0.4, 0.5) is 13.2 Å². The van der Waals surface area contributed by atoms with Gasteiger partial charge in [0.15, 0.2) is 5.69 Å². The van der Waals surface area contributed by atoms with Crippen LogP contribution in [0.1, 0.15) is 21.6 Å². The first-order chi connectivity index (χ1) is 11.3. The Bertz CT molecular complexity index is 915. The molecule has 0 aliphatic rings. The van der Waals surface area contributed by atoms with E-state index >= 15 is 0 Å². The standard InChI is InChI=1S/C15H10F3N3O2S/c1-7-3-2-4-8(5-7)9-6-24-13(19-9)11-10(14(22)23)12(21-20-11)15(16,17)18/h2-6H,1H3,(H,20,21)(H,22,23). The fourth-order valence-electron chi connectivity index (χ4n) is 2.23. The summed E-state index contributed by atoms with van der Waals surface area (Å²) in [6.45, 7) is 1.91. The molecule has 3 rings (SSSR count). The smallest absolute Gasteiger partial charge is 0.433 e. The summed E-state index contributed by atoms with van der Waals surface area (Å²) in [7, 11) is 0. The third-order valence-electron chi connectivity index (χ3n) is 3.28. The number of carbonyl (C=O) groups is 1. The Labute approximate surface area is 137 Å². The van der Waals surface area contributed by atoms with Crippen molar-refractivity contribution >= 4 is 17.3 Å². The first-order valence-corrected chi connectivity index (χ1v) is 7.57. The van der Waals surface area contributed by atoms with Crippen LogP contribution < -0.4 is 0 Å². The predicted octanol–water partition coefficient (Wildman–Crippen LogP) is 4.23. The monoisotopic (exact) mass is 353 g/mol. The Hall–Kier alpha value is -2.68. The van der Waals surface area contributed by atoms with E-state index in [1.807, 2.05) is 31.2 Å². The molecule has 0 unspecified atom stereocenters. The van der Waals surface area contributed by atoms with Gasteiger partial charge in [-0.1, -0.05) is 23.8 Å². The summed E-state index contributed by atoms with van der Waals surface area (Å²) >= 11 is 1.03. The van der Waals surface area contributed by atoms with Gasteiger partial charge in [0.05, 0.1) is 5.69 Å². The summed E-state index contributed by atoms with van der Waals surface area (Å²) in [5.74, 6) is -1.71. The molecule has 124 valence electrons. The number of aryl methyl sites for hydroxylation is 1. The molecule has 0 saturated heterocycles. The van der Waals surface area contributed by atoms with E-state index in [0.29, 0.717) is 5.69 Å². The number of hydrogen-bond donors (Lipinski definition) is 2. The van der Waals surface area contributed by atoms with Crippen LogP contribution in [-0.4, -0.2) is 26.3 Å². The van der Waals surface area contributed by atoms with Gasteiger partial charge >= 0.3 is 12.1 Å². The molecule has 3 aromatic rings. The van der Waals surface area contributed by atoms with Gasteiger partial charge in [-0.05, 0) is 13.0 Å². The van der Waals surface area contributed by atoms with Gasteiger partial charge < -0.3 is 5.11 Å². The average molecular weight is 353 g/mol. The molecular formula is C15H10F3N3O2S. The molecule has 2 aromatic heterocycles. The lowest BCUT2D eigenvalue weighted by molar-refractivity contribution is -0.141.